The molecule has 1 fully saturated rings. The second kappa shape index (κ2) is 7.56. The smallest absolute Gasteiger partial charge is 0.240 e. The quantitative estimate of drug-likeness (QED) is 0.750. The summed E-state index contributed by atoms with van der Waals surface area (Å²) in [7, 11) is 0. The fourth-order valence-electron chi connectivity index (χ4n) is 2.66. The summed E-state index contributed by atoms with van der Waals surface area (Å²) in [5.41, 5.74) is 0.440. The number of nitrogens with one attached hydrogen (secondary N) is 2. The number of aromatic nitrogens is 1. The van der Waals surface area contributed by atoms with E-state index in [9.17, 15) is 9.59 Å². The summed E-state index contributed by atoms with van der Waals surface area (Å²) < 4.78 is 5.58. The minimum Gasteiger partial charge on any atom is -0.491 e. The Bertz CT molecular complexity index is 769. The molecule has 6 heteroatoms. The predicted molar refractivity (Wildman–Crippen MR) is 98.6 cm³/mol. The zero-order chi connectivity index (χ0) is 18.6. The van der Waals surface area contributed by atoms with Crippen LogP contribution in [0.2, 0.25) is 0 Å². The van der Waals surface area contributed by atoms with Gasteiger partial charge in [0.1, 0.15) is 11.2 Å². The summed E-state index contributed by atoms with van der Waals surface area (Å²) >= 11 is 0. The predicted octanol–water partition coefficient (Wildman–Crippen LogP) is 2.90. The fraction of sp³-hybridized carbons (Fsp3) is 0.350. The summed E-state index contributed by atoms with van der Waals surface area (Å²) in [5, 5.41) is 5.65. The first-order valence-corrected chi connectivity index (χ1v) is 8.76. The highest BCUT2D eigenvalue weighted by molar-refractivity contribution is 6.13. The molecule has 0 atom stereocenters. The van der Waals surface area contributed by atoms with Crippen LogP contribution in [0.5, 0.6) is 5.75 Å². The molecule has 0 radical (unpaired) electrons. The van der Waals surface area contributed by atoms with Gasteiger partial charge in [0.15, 0.2) is 0 Å². The van der Waals surface area contributed by atoms with Gasteiger partial charge in [-0.25, -0.2) is 0 Å². The number of anilines is 1. The zero-order valence-corrected chi connectivity index (χ0v) is 15.0. The second-order valence-corrected chi connectivity index (χ2v) is 6.73. The van der Waals surface area contributed by atoms with Crippen molar-refractivity contribution in [3.63, 3.8) is 0 Å². The summed E-state index contributed by atoms with van der Waals surface area (Å²) in [6.45, 7) is 4.22. The molecule has 1 aromatic carbocycles. The van der Waals surface area contributed by atoms with Crippen LogP contribution in [0.3, 0.4) is 0 Å². The van der Waals surface area contributed by atoms with E-state index in [2.05, 4.69) is 15.6 Å². The fourth-order valence-corrected chi connectivity index (χ4v) is 2.66. The van der Waals surface area contributed by atoms with Crippen molar-refractivity contribution in [2.75, 3.05) is 5.32 Å². The number of amides is 2. The van der Waals surface area contributed by atoms with E-state index in [-0.39, 0.29) is 17.9 Å². The molecule has 2 N–H and O–H groups in total. The van der Waals surface area contributed by atoms with Gasteiger partial charge in [0.05, 0.1) is 18.3 Å². The monoisotopic (exact) mass is 353 g/mol. The molecule has 1 aromatic heterocycles. The van der Waals surface area contributed by atoms with Crippen LogP contribution in [0.1, 0.15) is 32.4 Å². The second-order valence-electron chi connectivity index (χ2n) is 6.73. The third-order valence-electron chi connectivity index (χ3n) is 4.26. The average Bonchev–Trinajstić information content (AvgIpc) is 3.44. The van der Waals surface area contributed by atoms with Crippen molar-refractivity contribution in [3.8, 4) is 5.75 Å². The van der Waals surface area contributed by atoms with E-state index in [1.54, 1.807) is 30.5 Å². The molecule has 26 heavy (non-hydrogen) atoms. The Balaban J connectivity index is 1.57. The maximum Gasteiger partial charge on any atom is 0.240 e. The first kappa shape index (κ1) is 17.9. The Labute approximate surface area is 153 Å². The Hall–Kier alpha value is -2.89. The van der Waals surface area contributed by atoms with Crippen molar-refractivity contribution in [2.45, 2.75) is 39.3 Å². The van der Waals surface area contributed by atoms with Crippen LogP contribution < -0.4 is 15.4 Å². The van der Waals surface area contributed by atoms with Gasteiger partial charge in [-0.3, -0.25) is 14.6 Å². The molecule has 0 bridgehead atoms. The van der Waals surface area contributed by atoms with Crippen LogP contribution in [0.15, 0.2) is 48.7 Å². The molecule has 1 heterocycles. The number of nitrogens with zero attached hydrogens (tertiary/aromatic N) is 1. The molecule has 1 aliphatic rings. The van der Waals surface area contributed by atoms with Gasteiger partial charge in [-0.05, 0) is 63.1 Å². The summed E-state index contributed by atoms with van der Waals surface area (Å²) in [4.78, 5) is 29.2. The molecule has 1 aliphatic carbocycles. The lowest BCUT2D eigenvalue weighted by Crippen LogP contribution is -2.39. The standard InChI is InChI=1S/C20H23N3O3/c1-14(2)26-17-8-6-15(7-9-17)23-19(25)20(10-11-20)18(24)22-13-16-5-3-4-12-21-16/h3-9,12,14H,10-11,13H2,1-2H3,(H,22,24)(H,23,25). The van der Waals surface area contributed by atoms with Crippen molar-refractivity contribution in [3.05, 3.63) is 54.4 Å². The highest BCUT2D eigenvalue weighted by Crippen LogP contribution is 2.46. The van der Waals surface area contributed by atoms with Crippen LogP contribution in [0, 0.1) is 5.41 Å². The van der Waals surface area contributed by atoms with E-state index in [0.717, 1.165) is 11.4 Å². The SMILES string of the molecule is CC(C)Oc1ccc(NC(=O)C2(C(=O)NCc3ccccn3)CC2)cc1. The number of hydrogen-bond acceptors (Lipinski definition) is 4. The van der Waals surface area contributed by atoms with Crippen LogP contribution in [-0.2, 0) is 16.1 Å². The van der Waals surface area contributed by atoms with Crippen LogP contribution in [-0.4, -0.2) is 22.9 Å². The van der Waals surface area contributed by atoms with E-state index in [4.69, 9.17) is 4.74 Å². The largest absolute Gasteiger partial charge is 0.491 e. The number of ether oxygens (including phenoxy) is 1. The van der Waals surface area contributed by atoms with E-state index in [1.807, 2.05) is 32.0 Å². The molecule has 6 nitrogen and oxygen atoms in total. The third-order valence-corrected chi connectivity index (χ3v) is 4.26. The Morgan fingerprint density at radius 1 is 1.12 bits per heavy atom. The number of hydrogen-bond donors (Lipinski definition) is 2. The lowest BCUT2D eigenvalue weighted by atomic mass is 10.0. The average molecular weight is 353 g/mol. The highest BCUT2D eigenvalue weighted by atomic mass is 16.5. The normalized spacial score (nSPS) is 14.6. The maximum absolute atomic E-state index is 12.6. The number of rotatable bonds is 7. The topological polar surface area (TPSA) is 80.3 Å². The molecule has 0 unspecified atom stereocenters. The first-order valence-electron chi connectivity index (χ1n) is 8.76. The van der Waals surface area contributed by atoms with Gasteiger partial charge < -0.3 is 15.4 Å². The van der Waals surface area contributed by atoms with Crippen molar-refractivity contribution in [1.82, 2.24) is 10.3 Å². The molecular formula is C20H23N3O3. The summed E-state index contributed by atoms with van der Waals surface area (Å²) in [5.74, 6) is 0.223. The van der Waals surface area contributed by atoms with E-state index in [1.165, 1.54) is 0 Å². The number of pyridine rings is 1. The minimum absolute atomic E-state index is 0.0907. The van der Waals surface area contributed by atoms with Crippen molar-refractivity contribution in [1.29, 1.82) is 0 Å². The number of benzene rings is 1. The Kier molecular flexibility index (Phi) is 5.21. The molecule has 136 valence electrons. The lowest BCUT2D eigenvalue weighted by Gasteiger charge is -2.16. The number of carbonyl (C=O) groups is 2. The van der Waals surface area contributed by atoms with E-state index < -0.39 is 5.41 Å². The van der Waals surface area contributed by atoms with Gasteiger partial charge in [0.25, 0.3) is 0 Å². The van der Waals surface area contributed by atoms with Crippen molar-refractivity contribution in [2.24, 2.45) is 5.41 Å². The minimum atomic E-state index is -0.970. The molecular weight excluding hydrogens is 330 g/mol. The van der Waals surface area contributed by atoms with E-state index in [0.29, 0.717) is 25.1 Å². The molecule has 1 saturated carbocycles. The lowest BCUT2D eigenvalue weighted by molar-refractivity contribution is -0.134. The maximum atomic E-state index is 12.6. The Morgan fingerprint density at radius 3 is 2.42 bits per heavy atom. The van der Waals surface area contributed by atoms with Gasteiger partial charge in [0, 0.05) is 11.9 Å². The van der Waals surface area contributed by atoms with Crippen LogP contribution >= 0.6 is 0 Å². The Morgan fingerprint density at radius 2 is 1.85 bits per heavy atom. The summed E-state index contributed by atoms with van der Waals surface area (Å²) in [6, 6.07) is 12.7. The van der Waals surface area contributed by atoms with E-state index >= 15 is 0 Å². The number of carbonyl (C=O) groups excluding carboxylic acids is 2. The highest BCUT2D eigenvalue weighted by Gasteiger charge is 2.56. The molecule has 0 aliphatic heterocycles. The summed E-state index contributed by atoms with van der Waals surface area (Å²) in [6.07, 6.45) is 2.88. The van der Waals surface area contributed by atoms with Crippen LogP contribution in [0.25, 0.3) is 0 Å². The molecule has 2 aromatic rings. The van der Waals surface area contributed by atoms with Gasteiger partial charge in [-0.2, -0.15) is 0 Å². The van der Waals surface area contributed by atoms with Gasteiger partial charge in [-0.1, -0.05) is 6.07 Å². The van der Waals surface area contributed by atoms with Crippen LogP contribution in [0.4, 0.5) is 5.69 Å². The van der Waals surface area contributed by atoms with Gasteiger partial charge in [0.2, 0.25) is 11.8 Å². The molecule has 0 spiro atoms. The van der Waals surface area contributed by atoms with Crippen molar-refractivity contribution < 1.29 is 14.3 Å². The third kappa shape index (κ3) is 4.20. The molecule has 0 saturated heterocycles. The molecule has 2 amide bonds. The van der Waals surface area contributed by atoms with Gasteiger partial charge >= 0.3 is 0 Å². The molecule has 3 rings (SSSR count). The zero-order valence-electron chi connectivity index (χ0n) is 15.0. The first-order chi connectivity index (χ1) is 12.5. The van der Waals surface area contributed by atoms with Crippen molar-refractivity contribution >= 4 is 17.5 Å². The van der Waals surface area contributed by atoms with Gasteiger partial charge in [-0.15, -0.1) is 0 Å².